The molecule has 0 radical (unpaired) electrons. The number of carbonyl (C=O) groups excluding carboxylic acids is 1. The topological polar surface area (TPSA) is 73.6 Å². The van der Waals surface area contributed by atoms with Crippen LogP contribution in [0, 0.1) is 0 Å². The molecule has 0 saturated heterocycles. The largest absolute Gasteiger partial charge is 0.466 e. The number of rotatable bonds is 6. The second kappa shape index (κ2) is 8.33. The zero-order chi connectivity index (χ0) is 17.7. The predicted octanol–water partition coefficient (Wildman–Crippen LogP) is 2.72. The van der Waals surface area contributed by atoms with Crippen molar-refractivity contribution in [3.63, 3.8) is 0 Å². The average Bonchev–Trinajstić information content (AvgIpc) is 2.57. The molecule has 5 nitrogen and oxygen atoms in total. The molecule has 0 fully saturated rings. The average molecular weight is 351 g/mol. The Bertz CT molecular complexity index is 683. The van der Waals surface area contributed by atoms with Gasteiger partial charge in [0, 0.05) is 28.9 Å². The zero-order valence-electron chi connectivity index (χ0n) is 14.2. The van der Waals surface area contributed by atoms with Crippen molar-refractivity contribution < 1.29 is 14.3 Å². The normalized spacial score (nSPS) is 17.8. The monoisotopic (exact) mass is 350 g/mol. The summed E-state index contributed by atoms with van der Waals surface area (Å²) in [6.07, 6.45) is 0. The molecular weight excluding hydrogens is 328 g/mol. The van der Waals surface area contributed by atoms with Gasteiger partial charge in [0.05, 0.1) is 25.9 Å². The first-order chi connectivity index (χ1) is 11.5. The SMILES string of the molecule is COC(=O)C1=C(C)NC(COCCN)=C(C)C1c1ccccc1Cl. The number of ether oxygens (including phenoxy) is 2. The van der Waals surface area contributed by atoms with Crippen molar-refractivity contribution in [2.24, 2.45) is 5.73 Å². The number of hydrogen-bond acceptors (Lipinski definition) is 5. The summed E-state index contributed by atoms with van der Waals surface area (Å²) in [5.41, 5.74) is 9.54. The molecule has 1 aromatic rings. The second-order valence-electron chi connectivity index (χ2n) is 5.61. The fraction of sp³-hybridized carbons (Fsp3) is 0.389. The molecule has 1 atom stereocenters. The van der Waals surface area contributed by atoms with E-state index < -0.39 is 0 Å². The van der Waals surface area contributed by atoms with Gasteiger partial charge in [0.2, 0.25) is 0 Å². The number of hydrogen-bond donors (Lipinski definition) is 2. The van der Waals surface area contributed by atoms with Gasteiger partial charge >= 0.3 is 5.97 Å². The van der Waals surface area contributed by atoms with Crippen LogP contribution >= 0.6 is 11.6 Å². The Balaban J connectivity index is 2.49. The maximum absolute atomic E-state index is 12.4. The fourth-order valence-electron chi connectivity index (χ4n) is 2.89. The van der Waals surface area contributed by atoms with Crippen LogP contribution in [0.1, 0.15) is 25.3 Å². The summed E-state index contributed by atoms with van der Waals surface area (Å²) in [6, 6.07) is 7.52. The number of esters is 1. The maximum atomic E-state index is 12.4. The molecule has 6 heteroatoms. The van der Waals surface area contributed by atoms with Crippen LogP contribution in [0.25, 0.3) is 0 Å². The highest BCUT2D eigenvalue weighted by atomic mass is 35.5. The molecule has 1 aliphatic heterocycles. The van der Waals surface area contributed by atoms with Crippen LogP contribution in [-0.2, 0) is 14.3 Å². The number of dihydropyridines is 1. The van der Waals surface area contributed by atoms with E-state index in [2.05, 4.69) is 5.32 Å². The van der Waals surface area contributed by atoms with E-state index >= 15 is 0 Å². The van der Waals surface area contributed by atoms with E-state index in [0.29, 0.717) is 30.4 Å². The van der Waals surface area contributed by atoms with Gasteiger partial charge < -0.3 is 20.5 Å². The molecule has 0 saturated carbocycles. The smallest absolute Gasteiger partial charge is 0.336 e. The van der Waals surface area contributed by atoms with Crippen LogP contribution in [0.2, 0.25) is 5.02 Å². The molecule has 1 heterocycles. The van der Waals surface area contributed by atoms with E-state index in [1.54, 1.807) is 0 Å². The third-order valence-electron chi connectivity index (χ3n) is 4.07. The predicted molar refractivity (Wildman–Crippen MR) is 94.6 cm³/mol. The molecule has 130 valence electrons. The molecule has 0 aliphatic carbocycles. The van der Waals surface area contributed by atoms with Gasteiger partial charge in [0.25, 0.3) is 0 Å². The van der Waals surface area contributed by atoms with Crippen molar-refractivity contribution in [3.8, 4) is 0 Å². The minimum absolute atomic E-state index is 0.274. The molecular formula is C18H23ClN2O3. The lowest BCUT2D eigenvalue weighted by Gasteiger charge is -2.31. The summed E-state index contributed by atoms with van der Waals surface area (Å²) in [6.45, 7) is 5.16. The number of nitrogens with one attached hydrogen (secondary N) is 1. The number of carbonyl (C=O) groups is 1. The molecule has 1 aromatic carbocycles. The molecule has 1 unspecified atom stereocenters. The Labute approximate surface area is 147 Å². The lowest BCUT2D eigenvalue weighted by Crippen LogP contribution is -2.31. The minimum Gasteiger partial charge on any atom is -0.466 e. The minimum atomic E-state index is -0.369. The summed E-state index contributed by atoms with van der Waals surface area (Å²) < 4.78 is 10.5. The van der Waals surface area contributed by atoms with Gasteiger partial charge in [0.15, 0.2) is 0 Å². The first-order valence-corrected chi connectivity index (χ1v) is 8.17. The Hall–Kier alpha value is -1.82. The van der Waals surface area contributed by atoms with Crippen molar-refractivity contribution in [1.82, 2.24) is 5.32 Å². The summed E-state index contributed by atoms with van der Waals surface area (Å²) >= 11 is 6.39. The van der Waals surface area contributed by atoms with E-state index in [1.807, 2.05) is 38.1 Å². The molecule has 0 bridgehead atoms. The van der Waals surface area contributed by atoms with E-state index in [9.17, 15) is 4.79 Å². The van der Waals surface area contributed by atoms with E-state index in [4.69, 9.17) is 26.8 Å². The highest BCUT2D eigenvalue weighted by Gasteiger charge is 2.33. The molecule has 2 rings (SSSR count). The molecule has 3 N–H and O–H groups in total. The van der Waals surface area contributed by atoms with Gasteiger partial charge in [0.1, 0.15) is 0 Å². The number of methoxy groups -OCH3 is 1. The third-order valence-corrected chi connectivity index (χ3v) is 4.41. The maximum Gasteiger partial charge on any atom is 0.336 e. The van der Waals surface area contributed by atoms with E-state index in [0.717, 1.165) is 22.5 Å². The van der Waals surface area contributed by atoms with E-state index in [1.165, 1.54) is 7.11 Å². The molecule has 1 aliphatic rings. The first-order valence-electron chi connectivity index (χ1n) is 7.79. The standard InChI is InChI=1S/C18H23ClN2O3/c1-11-15(10-24-9-8-20)21-12(2)17(18(22)23-3)16(11)13-6-4-5-7-14(13)19/h4-7,16,21H,8-10,20H2,1-3H3. The van der Waals surface area contributed by atoms with Crippen LogP contribution in [0.3, 0.4) is 0 Å². The molecule has 0 amide bonds. The van der Waals surface area contributed by atoms with Gasteiger partial charge in [-0.1, -0.05) is 29.8 Å². The van der Waals surface area contributed by atoms with Gasteiger partial charge in [-0.25, -0.2) is 4.79 Å². The number of halogens is 1. The van der Waals surface area contributed by atoms with Crippen LogP contribution in [-0.4, -0.2) is 32.8 Å². The summed E-state index contributed by atoms with van der Waals surface area (Å²) in [4.78, 5) is 12.4. The van der Waals surface area contributed by atoms with Gasteiger partial charge in [-0.2, -0.15) is 0 Å². The van der Waals surface area contributed by atoms with E-state index in [-0.39, 0.29) is 11.9 Å². The van der Waals surface area contributed by atoms with Crippen molar-refractivity contribution in [2.75, 3.05) is 26.9 Å². The van der Waals surface area contributed by atoms with Gasteiger partial charge in [-0.05, 0) is 31.1 Å². The summed E-state index contributed by atoms with van der Waals surface area (Å²) in [5.74, 6) is -0.643. The second-order valence-corrected chi connectivity index (χ2v) is 6.02. The Morgan fingerprint density at radius 3 is 2.67 bits per heavy atom. The number of allylic oxidation sites excluding steroid dienone is 2. The van der Waals surface area contributed by atoms with Crippen molar-refractivity contribution in [1.29, 1.82) is 0 Å². The van der Waals surface area contributed by atoms with Gasteiger partial charge in [-0.3, -0.25) is 0 Å². The Morgan fingerprint density at radius 1 is 1.33 bits per heavy atom. The lowest BCUT2D eigenvalue weighted by molar-refractivity contribution is -0.136. The fourth-order valence-corrected chi connectivity index (χ4v) is 3.13. The third kappa shape index (κ3) is 3.80. The van der Waals surface area contributed by atoms with Crippen LogP contribution in [0.5, 0.6) is 0 Å². The van der Waals surface area contributed by atoms with Crippen molar-refractivity contribution >= 4 is 17.6 Å². The van der Waals surface area contributed by atoms with Crippen LogP contribution in [0.4, 0.5) is 0 Å². The Morgan fingerprint density at radius 2 is 2.04 bits per heavy atom. The summed E-state index contributed by atoms with van der Waals surface area (Å²) in [7, 11) is 1.38. The van der Waals surface area contributed by atoms with Crippen LogP contribution in [0.15, 0.2) is 46.8 Å². The number of benzene rings is 1. The lowest BCUT2D eigenvalue weighted by atomic mass is 9.81. The highest BCUT2D eigenvalue weighted by molar-refractivity contribution is 6.31. The highest BCUT2D eigenvalue weighted by Crippen LogP contribution is 2.40. The quantitative estimate of drug-likeness (QED) is 0.609. The Kier molecular flexibility index (Phi) is 6.43. The molecule has 0 aromatic heterocycles. The zero-order valence-corrected chi connectivity index (χ0v) is 14.9. The number of nitrogens with two attached hydrogens (primary N) is 1. The molecule has 24 heavy (non-hydrogen) atoms. The molecule has 0 spiro atoms. The van der Waals surface area contributed by atoms with Crippen molar-refractivity contribution in [2.45, 2.75) is 19.8 Å². The first kappa shape index (κ1) is 18.5. The van der Waals surface area contributed by atoms with Gasteiger partial charge in [-0.15, -0.1) is 0 Å². The van der Waals surface area contributed by atoms with Crippen molar-refractivity contribution in [3.05, 3.63) is 57.4 Å². The van der Waals surface area contributed by atoms with Crippen LogP contribution < -0.4 is 11.1 Å². The summed E-state index contributed by atoms with van der Waals surface area (Å²) in [5, 5.41) is 3.87.